The molecule has 134 valence electrons. The number of phenols is 2. The highest BCUT2D eigenvalue weighted by atomic mass is 32.2. The normalized spacial score (nSPS) is 13.2. The summed E-state index contributed by atoms with van der Waals surface area (Å²) in [5.41, 5.74) is 0. The summed E-state index contributed by atoms with van der Waals surface area (Å²) in [5.74, 6) is -0.549. The van der Waals surface area contributed by atoms with Gasteiger partial charge in [-0.15, -0.1) is 0 Å². The minimum atomic E-state index is -4.76. The van der Waals surface area contributed by atoms with Gasteiger partial charge in [0.15, 0.2) is 0 Å². The fourth-order valence-electron chi connectivity index (χ4n) is 3.32. The first-order valence-electron chi connectivity index (χ1n) is 7.11. The molecular formula is C16H10O8S2. The number of hydrogen-bond acceptors (Lipinski definition) is 6. The zero-order chi connectivity index (χ0) is 19.0. The molecule has 0 fully saturated rings. The van der Waals surface area contributed by atoms with Crippen LogP contribution in [0.1, 0.15) is 0 Å². The quantitative estimate of drug-likeness (QED) is 0.299. The van der Waals surface area contributed by atoms with E-state index in [0.717, 1.165) is 12.1 Å². The van der Waals surface area contributed by atoms with E-state index in [1.165, 1.54) is 24.3 Å². The van der Waals surface area contributed by atoms with Gasteiger partial charge in [0.1, 0.15) is 21.3 Å². The molecule has 0 aromatic heterocycles. The molecule has 4 aromatic rings. The van der Waals surface area contributed by atoms with Crippen LogP contribution in [0, 0.1) is 0 Å². The molecule has 0 aliphatic rings. The van der Waals surface area contributed by atoms with Crippen LogP contribution < -0.4 is 0 Å². The van der Waals surface area contributed by atoms with Crippen molar-refractivity contribution in [1.82, 2.24) is 0 Å². The molecule has 0 aliphatic carbocycles. The molecule has 4 rings (SSSR count). The van der Waals surface area contributed by atoms with Crippen molar-refractivity contribution in [1.29, 1.82) is 0 Å². The van der Waals surface area contributed by atoms with Crippen molar-refractivity contribution in [3.05, 3.63) is 36.4 Å². The topological polar surface area (TPSA) is 149 Å². The minimum Gasteiger partial charge on any atom is -0.507 e. The molecule has 0 amide bonds. The molecule has 0 heterocycles. The SMILES string of the molecule is O=S(=O)(O)c1cc2c(S(=O)(=O)O)ccc3c(O)cc4c(O)ccc1c4c32. The predicted molar refractivity (Wildman–Crippen MR) is 93.1 cm³/mol. The first kappa shape index (κ1) is 16.8. The van der Waals surface area contributed by atoms with Gasteiger partial charge in [0.25, 0.3) is 20.2 Å². The summed E-state index contributed by atoms with van der Waals surface area (Å²) < 4.78 is 66.2. The lowest BCUT2D eigenvalue weighted by molar-refractivity contribution is 0.475. The second-order valence-corrected chi connectivity index (χ2v) is 8.59. The zero-order valence-corrected chi connectivity index (χ0v) is 14.3. The zero-order valence-electron chi connectivity index (χ0n) is 12.7. The van der Waals surface area contributed by atoms with E-state index >= 15 is 0 Å². The van der Waals surface area contributed by atoms with Crippen LogP contribution in [0.4, 0.5) is 0 Å². The van der Waals surface area contributed by atoms with Crippen molar-refractivity contribution in [2.45, 2.75) is 9.79 Å². The van der Waals surface area contributed by atoms with Crippen molar-refractivity contribution in [2.75, 3.05) is 0 Å². The van der Waals surface area contributed by atoms with Crippen LogP contribution >= 0.6 is 0 Å². The van der Waals surface area contributed by atoms with Crippen LogP contribution in [-0.2, 0) is 20.2 Å². The van der Waals surface area contributed by atoms with Gasteiger partial charge in [0, 0.05) is 32.3 Å². The molecular weight excluding hydrogens is 384 g/mol. The second-order valence-electron chi connectivity index (χ2n) is 5.81. The van der Waals surface area contributed by atoms with Gasteiger partial charge in [-0.2, -0.15) is 16.8 Å². The van der Waals surface area contributed by atoms with Gasteiger partial charge in [-0.3, -0.25) is 9.11 Å². The van der Waals surface area contributed by atoms with Crippen molar-refractivity contribution >= 4 is 52.6 Å². The van der Waals surface area contributed by atoms with Gasteiger partial charge in [-0.1, -0.05) is 0 Å². The maximum atomic E-state index is 11.8. The maximum absolute atomic E-state index is 11.8. The first-order valence-corrected chi connectivity index (χ1v) is 9.99. The van der Waals surface area contributed by atoms with E-state index in [1.54, 1.807) is 0 Å². The van der Waals surface area contributed by atoms with Crippen molar-refractivity contribution < 1.29 is 36.2 Å². The molecule has 0 bridgehead atoms. The first-order chi connectivity index (χ1) is 12.0. The van der Waals surface area contributed by atoms with Crippen molar-refractivity contribution in [3.63, 3.8) is 0 Å². The van der Waals surface area contributed by atoms with E-state index in [2.05, 4.69) is 0 Å². The molecule has 0 radical (unpaired) electrons. The molecule has 8 nitrogen and oxygen atoms in total. The summed E-state index contributed by atoms with van der Waals surface area (Å²) >= 11 is 0. The number of hydrogen-bond donors (Lipinski definition) is 4. The Bertz CT molecular complexity index is 1440. The summed E-state index contributed by atoms with van der Waals surface area (Å²) in [6, 6.07) is 6.86. The summed E-state index contributed by atoms with van der Waals surface area (Å²) in [5, 5.41) is 20.7. The smallest absolute Gasteiger partial charge is 0.295 e. The van der Waals surface area contributed by atoms with Gasteiger partial charge in [-0.05, 0) is 36.4 Å². The van der Waals surface area contributed by atoms with Gasteiger partial charge in [-0.25, -0.2) is 0 Å². The van der Waals surface area contributed by atoms with Crippen molar-refractivity contribution in [2.24, 2.45) is 0 Å². The van der Waals surface area contributed by atoms with E-state index in [0.29, 0.717) is 0 Å². The Morgan fingerprint density at radius 1 is 0.577 bits per heavy atom. The van der Waals surface area contributed by atoms with Gasteiger partial charge >= 0.3 is 0 Å². The molecule has 0 atom stereocenters. The van der Waals surface area contributed by atoms with Crippen LogP contribution in [0.3, 0.4) is 0 Å². The highest BCUT2D eigenvalue weighted by Crippen LogP contribution is 2.45. The third kappa shape index (κ3) is 2.20. The van der Waals surface area contributed by atoms with E-state index < -0.39 is 30.0 Å². The fourth-order valence-corrected chi connectivity index (χ4v) is 4.71. The Labute approximate surface area is 146 Å². The Kier molecular flexibility index (Phi) is 3.20. The van der Waals surface area contributed by atoms with E-state index in [-0.39, 0.29) is 43.8 Å². The largest absolute Gasteiger partial charge is 0.507 e. The maximum Gasteiger partial charge on any atom is 0.295 e. The molecule has 0 saturated carbocycles. The van der Waals surface area contributed by atoms with Crippen LogP contribution in [0.15, 0.2) is 46.2 Å². The van der Waals surface area contributed by atoms with Crippen LogP contribution in [0.5, 0.6) is 11.5 Å². The number of phenolic OH excluding ortho intramolecular Hbond substituents is 2. The molecule has 0 saturated heterocycles. The standard InChI is InChI=1S/C16H10O8S2/c17-11-3-1-8-14(26(22,23)24)6-10-13(25(19,20)21)4-2-7-12(18)5-9(11)16(8)15(7)10/h1-6,17-18H,(H,19,20,21)(H,22,23,24). The van der Waals surface area contributed by atoms with E-state index in [1.807, 2.05) is 0 Å². The van der Waals surface area contributed by atoms with Crippen LogP contribution in [0.25, 0.3) is 32.3 Å². The fraction of sp³-hybridized carbons (Fsp3) is 0. The summed E-state index contributed by atoms with van der Waals surface area (Å²) in [6.07, 6.45) is 0. The van der Waals surface area contributed by atoms with Crippen LogP contribution in [0.2, 0.25) is 0 Å². The average molecular weight is 394 g/mol. The highest BCUT2D eigenvalue weighted by Gasteiger charge is 2.25. The molecule has 4 aromatic carbocycles. The number of rotatable bonds is 2. The lowest BCUT2D eigenvalue weighted by atomic mass is 9.93. The Morgan fingerprint density at radius 2 is 1.15 bits per heavy atom. The lowest BCUT2D eigenvalue weighted by Crippen LogP contribution is -2.04. The molecule has 4 N–H and O–H groups in total. The second kappa shape index (κ2) is 4.95. The summed E-state index contributed by atoms with van der Waals surface area (Å²) in [4.78, 5) is -1.18. The van der Waals surface area contributed by atoms with Gasteiger partial charge < -0.3 is 10.2 Å². The van der Waals surface area contributed by atoms with E-state index in [4.69, 9.17) is 0 Å². The Morgan fingerprint density at radius 3 is 1.77 bits per heavy atom. The van der Waals surface area contributed by atoms with Crippen molar-refractivity contribution in [3.8, 4) is 11.5 Å². The van der Waals surface area contributed by atoms with Crippen LogP contribution in [-0.4, -0.2) is 36.2 Å². The highest BCUT2D eigenvalue weighted by molar-refractivity contribution is 7.86. The Hall–Kier alpha value is -2.66. The summed E-state index contributed by atoms with van der Waals surface area (Å²) in [6.45, 7) is 0. The number of aromatic hydroxyl groups is 2. The molecule has 0 spiro atoms. The third-order valence-electron chi connectivity index (χ3n) is 4.33. The third-order valence-corrected chi connectivity index (χ3v) is 6.14. The molecule has 26 heavy (non-hydrogen) atoms. The average Bonchev–Trinajstić information content (AvgIpc) is 2.52. The van der Waals surface area contributed by atoms with E-state index in [9.17, 15) is 36.2 Å². The summed E-state index contributed by atoms with van der Waals surface area (Å²) in [7, 11) is -9.49. The Balaban J connectivity index is 2.49. The monoisotopic (exact) mass is 394 g/mol. The molecule has 10 heteroatoms. The minimum absolute atomic E-state index is 0.0327. The predicted octanol–water partition coefficient (Wildman–Crippen LogP) is 2.49. The lowest BCUT2D eigenvalue weighted by Gasteiger charge is -2.16. The molecule has 0 unspecified atom stereocenters. The van der Waals surface area contributed by atoms with Gasteiger partial charge in [0.2, 0.25) is 0 Å². The molecule has 0 aliphatic heterocycles. The number of benzene rings is 4. The van der Waals surface area contributed by atoms with Gasteiger partial charge in [0.05, 0.1) is 0 Å².